The molecular formula is C16H22N2O2. The Labute approximate surface area is 121 Å². The highest BCUT2D eigenvalue weighted by atomic mass is 16.5. The molecule has 2 rings (SSSR count). The molecule has 1 aromatic heterocycles. The summed E-state index contributed by atoms with van der Waals surface area (Å²) < 4.78 is 5.07. The number of amides is 1. The Morgan fingerprint density at radius 1 is 1.20 bits per heavy atom. The van der Waals surface area contributed by atoms with Crippen molar-refractivity contribution in [2.24, 2.45) is 0 Å². The molecule has 0 radical (unpaired) electrons. The van der Waals surface area contributed by atoms with Crippen LogP contribution in [-0.2, 0) is 6.54 Å². The molecule has 0 aliphatic heterocycles. The van der Waals surface area contributed by atoms with Gasteiger partial charge in [0, 0.05) is 20.4 Å². The first kappa shape index (κ1) is 15.7. The van der Waals surface area contributed by atoms with Gasteiger partial charge >= 0.3 is 6.09 Å². The lowest BCUT2D eigenvalue weighted by Crippen LogP contribution is -2.26. The molecule has 1 N–H and O–H groups in total. The Morgan fingerprint density at radius 3 is 2.50 bits per heavy atom. The maximum atomic E-state index is 11.4. The van der Waals surface area contributed by atoms with Crippen molar-refractivity contribution in [3.63, 3.8) is 0 Å². The van der Waals surface area contributed by atoms with Crippen LogP contribution < -0.4 is 10.1 Å². The van der Waals surface area contributed by atoms with Crippen LogP contribution in [0.4, 0.5) is 4.79 Å². The van der Waals surface area contributed by atoms with Gasteiger partial charge in [-0.1, -0.05) is 44.5 Å². The predicted octanol–water partition coefficient (Wildman–Crippen LogP) is 4.03. The minimum absolute atomic E-state index is 0. The minimum atomic E-state index is -0.472. The Balaban J connectivity index is 0.000000922. The normalized spacial score (nSPS) is 9.10. The van der Waals surface area contributed by atoms with Crippen LogP contribution in [0.25, 0.3) is 0 Å². The van der Waals surface area contributed by atoms with E-state index in [9.17, 15) is 4.79 Å². The van der Waals surface area contributed by atoms with Crippen molar-refractivity contribution in [3.8, 4) is 5.75 Å². The first-order valence-corrected chi connectivity index (χ1v) is 6.65. The fourth-order valence-electron chi connectivity index (χ4n) is 1.31. The third-order valence-electron chi connectivity index (χ3n) is 2.11. The topological polar surface area (TPSA) is 51.2 Å². The monoisotopic (exact) mass is 274 g/mol. The number of rotatable bonds is 3. The van der Waals surface area contributed by atoms with Gasteiger partial charge in [0.05, 0.1) is 0 Å². The lowest BCUT2D eigenvalue weighted by Gasteiger charge is -2.05. The van der Waals surface area contributed by atoms with E-state index in [1.54, 1.807) is 24.5 Å². The van der Waals surface area contributed by atoms with E-state index in [2.05, 4.69) is 24.1 Å². The maximum Gasteiger partial charge on any atom is 0.412 e. The summed E-state index contributed by atoms with van der Waals surface area (Å²) in [5.41, 5.74) is 0.928. The first-order chi connectivity index (χ1) is 9.76. The Hall–Kier alpha value is -2.36. The van der Waals surface area contributed by atoms with Crippen LogP contribution >= 0.6 is 0 Å². The smallest absolute Gasteiger partial charge is 0.410 e. The van der Waals surface area contributed by atoms with Crippen molar-refractivity contribution in [1.82, 2.24) is 10.3 Å². The highest BCUT2D eigenvalue weighted by molar-refractivity contribution is 5.70. The second kappa shape index (κ2) is 9.55. The number of hydrogen-bond donors (Lipinski definition) is 1. The van der Waals surface area contributed by atoms with Crippen LogP contribution in [0.5, 0.6) is 5.75 Å². The number of carbonyl (C=O) groups is 1. The number of benzene rings is 1. The molecule has 20 heavy (non-hydrogen) atoms. The van der Waals surface area contributed by atoms with Gasteiger partial charge in [0.25, 0.3) is 0 Å². The summed E-state index contributed by atoms with van der Waals surface area (Å²) in [6.45, 7) is 4.65. The summed E-state index contributed by atoms with van der Waals surface area (Å²) in [6.07, 6.45) is 4.16. The molecule has 4 nitrogen and oxygen atoms in total. The van der Waals surface area contributed by atoms with E-state index in [0.717, 1.165) is 5.56 Å². The van der Waals surface area contributed by atoms with Gasteiger partial charge in [-0.2, -0.15) is 0 Å². The molecule has 0 spiro atoms. The predicted molar refractivity (Wildman–Crippen MR) is 81.6 cm³/mol. The molecule has 108 valence electrons. The van der Waals surface area contributed by atoms with Gasteiger partial charge in [-0.3, -0.25) is 4.98 Å². The molecule has 0 unspecified atom stereocenters. The Morgan fingerprint density at radius 2 is 1.90 bits per heavy atom. The second-order valence-electron chi connectivity index (χ2n) is 4.12. The zero-order valence-corrected chi connectivity index (χ0v) is 11.9. The molecular weight excluding hydrogens is 252 g/mol. The Bertz CT molecular complexity index is 492. The average molecular weight is 274 g/mol. The number of hydrogen-bond acceptors (Lipinski definition) is 3. The molecule has 1 aromatic carbocycles. The van der Waals surface area contributed by atoms with E-state index in [0.29, 0.717) is 12.3 Å². The molecule has 0 fully saturated rings. The number of para-hydroxylation sites is 1. The average Bonchev–Trinajstić information content (AvgIpc) is 2.48. The minimum Gasteiger partial charge on any atom is -0.410 e. The van der Waals surface area contributed by atoms with Crippen LogP contribution in [0.2, 0.25) is 0 Å². The second-order valence-corrected chi connectivity index (χ2v) is 4.12. The van der Waals surface area contributed by atoms with Crippen LogP contribution in [0.15, 0.2) is 54.9 Å². The van der Waals surface area contributed by atoms with Crippen molar-refractivity contribution >= 4 is 6.09 Å². The lowest BCUT2D eigenvalue weighted by molar-refractivity contribution is 0.200. The summed E-state index contributed by atoms with van der Waals surface area (Å²) in [4.78, 5) is 15.4. The number of nitrogens with one attached hydrogen (secondary N) is 1. The number of ether oxygens (including phenoxy) is 1. The van der Waals surface area contributed by atoms with Gasteiger partial charge in [-0.25, -0.2) is 4.79 Å². The zero-order valence-electron chi connectivity index (χ0n) is 11.9. The van der Waals surface area contributed by atoms with Crippen LogP contribution in [0, 0.1) is 0 Å². The van der Waals surface area contributed by atoms with Gasteiger partial charge in [0.1, 0.15) is 5.75 Å². The van der Waals surface area contributed by atoms with Crippen molar-refractivity contribution < 1.29 is 11.0 Å². The first-order valence-electron chi connectivity index (χ1n) is 6.65. The van der Waals surface area contributed by atoms with Gasteiger partial charge in [-0.15, -0.1) is 0 Å². The van der Waals surface area contributed by atoms with E-state index >= 15 is 0 Å². The number of nitrogens with zero attached hydrogens (tertiary/aromatic N) is 1. The summed E-state index contributed by atoms with van der Waals surface area (Å²) in [6, 6.07) is 12.6. The number of carbonyl (C=O) groups excluding carboxylic acids is 1. The van der Waals surface area contributed by atoms with E-state index in [-0.39, 0.29) is 1.43 Å². The summed E-state index contributed by atoms with van der Waals surface area (Å²) >= 11 is 0. The lowest BCUT2D eigenvalue weighted by atomic mass is 10.3. The Kier molecular flexibility index (Phi) is 7.50. The number of pyridine rings is 1. The van der Waals surface area contributed by atoms with E-state index in [1.807, 2.05) is 30.3 Å². The molecule has 0 aliphatic carbocycles. The quantitative estimate of drug-likeness (QED) is 0.919. The van der Waals surface area contributed by atoms with Crippen LogP contribution in [0.1, 0.15) is 27.3 Å². The van der Waals surface area contributed by atoms with Gasteiger partial charge in [0.2, 0.25) is 0 Å². The van der Waals surface area contributed by atoms with Crippen molar-refractivity contribution in [3.05, 3.63) is 60.4 Å². The van der Waals surface area contributed by atoms with Gasteiger partial charge in [0.15, 0.2) is 0 Å². The molecule has 4 heteroatoms. The summed E-state index contributed by atoms with van der Waals surface area (Å²) in [7, 11) is 0. The highest BCUT2D eigenvalue weighted by Crippen LogP contribution is 2.08. The van der Waals surface area contributed by atoms with E-state index in [1.165, 1.54) is 6.42 Å². The molecule has 0 saturated carbocycles. The molecule has 2 aromatic rings. The number of aromatic nitrogens is 1. The molecule has 0 aliphatic rings. The van der Waals surface area contributed by atoms with Gasteiger partial charge < -0.3 is 10.1 Å². The molecule has 0 atom stereocenters. The van der Waals surface area contributed by atoms with Crippen molar-refractivity contribution in [2.75, 3.05) is 0 Å². The SMILES string of the molecule is CCC.O=C(NCc1cccnc1)Oc1ccccc1.[HH]. The highest BCUT2D eigenvalue weighted by Gasteiger charge is 2.02. The van der Waals surface area contributed by atoms with Crippen molar-refractivity contribution in [1.29, 1.82) is 0 Å². The largest absolute Gasteiger partial charge is 0.412 e. The van der Waals surface area contributed by atoms with Crippen LogP contribution in [0.3, 0.4) is 0 Å². The fourth-order valence-corrected chi connectivity index (χ4v) is 1.31. The van der Waals surface area contributed by atoms with Crippen molar-refractivity contribution in [2.45, 2.75) is 26.8 Å². The summed E-state index contributed by atoms with van der Waals surface area (Å²) in [5.74, 6) is 0.524. The molecule has 1 amide bonds. The zero-order chi connectivity index (χ0) is 14.6. The summed E-state index contributed by atoms with van der Waals surface area (Å²) in [5, 5.41) is 2.65. The van der Waals surface area contributed by atoms with E-state index < -0.39 is 6.09 Å². The fraction of sp³-hybridized carbons (Fsp3) is 0.250. The van der Waals surface area contributed by atoms with Crippen LogP contribution in [-0.4, -0.2) is 11.1 Å². The third-order valence-corrected chi connectivity index (χ3v) is 2.11. The standard InChI is InChI=1S/C13H12N2O2.C3H8.H2/c16-13(17-12-6-2-1-3-7-12)15-10-11-5-4-8-14-9-11;1-3-2;/h1-9H,10H2,(H,15,16);3H2,1-2H3;1H. The molecule has 0 saturated heterocycles. The maximum absolute atomic E-state index is 11.4. The third kappa shape index (κ3) is 6.54. The molecule has 1 heterocycles. The van der Waals surface area contributed by atoms with Gasteiger partial charge in [-0.05, 0) is 23.8 Å². The van der Waals surface area contributed by atoms with E-state index in [4.69, 9.17) is 4.74 Å². The molecule has 0 bridgehead atoms.